The minimum absolute atomic E-state index is 0.0269. The van der Waals surface area contributed by atoms with Gasteiger partial charge in [-0.2, -0.15) is 0 Å². The molecule has 1 aromatic carbocycles. The third-order valence-electron chi connectivity index (χ3n) is 5.64. The molecule has 0 aromatic heterocycles. The topological polar surface area (TPSA) is 27.7 Å². The van der Waals surface area contributed by atoms with Crippen molar-refractivity contribution >= 4 is 0 Å². The fourth-order valence-corrected chi connectivity index (χ4v) is 4.18. The van der Waals surface area contributed by atoms with Crippen molar-refractivity contribution in [2.24, 2.45) is 5.92 Å². The Morgan fingerprint density at radius 2 is 1.96 bits per heavy atom. The average molecular weight is 336 g/mol. The van der Waals surface area contributed by atoms with Crippen molar-refractivity contribution in [3.63, 3.8) is 0 Å². The Labute approximate surface area is 144 Å². The molecule has 3 rings (SSSR count). The van der Waals surface area contributed by atoms with Gasteiger partial charge in [-0.1, -0.05) is 39.0 Å². The minimum atomic E-state index is -0.353. The summed E-state index contributed by atoms with van der Waals surface area (Å²) in [5.41, 5.74) is -0.0427. The molecule has 4 heteroatoms. The lowest BCUT2D eigenvalue weighted by molar-refractivity contribution is -0.118. The van der Waals surface area contributed by atoms with Crippen molar-refractivity contribution in [1.82, 2.24) is 0 Å². The summed E-state index contributed by atoms with van der Waals surface area (Å²) in [4.78, 5) is 0. The van der Waals surface area contributed by atoms with Crippen molar-refractivity contribution in [2.45, 2.75) is 77.0 Å². The summed E-state index contributed by atoms with van der Waals surface area (Å²) < 4.78 is 32.5. The summed E-state index contributed by atoms with van der Waals surface area (Å²) in [6.07, 6.45) is 2.75. The van der Waals surface area contributed by atoms with E-state index in [1.54, 1.807) is 12.1 Å². The summed E-state index contributed by atoms with van der Waals surface area (Å²) in [5.74, 6) is 0.137. The standard InChI is InChI=1S/C20H29FO3/c1-5-10-22-18-11-19(4)17(12-20(18,24-19)14(2)3)23-13-15-8-6-7-9-16(15)21/h6-9,14,17-18H,5,10-13H2,1-4H3/t17-,18-,19+,20-/m1/s1. The monoisotopic (exact) mass is 336 g/mol. The second-order valence-corrected chi connectivity index (χ2v) is 7.68. The molecule has 0 aliphatic carbocycles. The van der Waals surface area contributed by atoms with Gasteiger partial charge in [0.25, 0.3) is 0 Å². The third-order valence-corrected chi connectivity index (χ3v) is 5.64. The van der Waals surface area contributed by atoms with Crippen LogP contribution in [0.25, 0.3) is 0 Å². The minimum Gasteiger partial charge on any atom is -0.375 e. The van der Waals surface area contributed by atoms with Gasteiger partial charge in [0.15, 0.2) is 0 Å². The van der Waals surface area contributed by atoms with Crippen LogP contribution in [0.15, 0.2) is 24.3 Å². The lowest BCUT2D eigenvalue weighted by atomic mass is 9.73. The van der Waals surface area contributed by atoms with Crippen LogP contribution in [0.4, 0.5) is 4.39 Å². The van der Waals surface area contributed by atoms with Crippen LogP contribution in [0.3, 0.4) is 0 Å². The second-order valence-electron chi connectivity index (χ2n) is 7.68. The second kappa shape index (κ2) is 6.74. The zero-order chi connectivity index (χ0) is 17.4. The first-order valence-corrected chi connectivity index (χ1v) is 9.08. The van der Waals surface area contributed by atoms with E-state index in [4.69, 9.17) is 14.2 Å². The van der Waals surface area contributed by atoms with E-state index >= 15 is 0 Å². The third kappa shape index (κ3) is 3.00. The van der Waals surface area contributed by atoms with E-state index in [2.05, 4.69) is 27.7 Å². The van der Waals surface area contributed by atoms with Crippen LogP contribution in [-0.2, 0) is 20.8 Å². The first-order valence-electron chi connectivity index (χ1n) is 9.08. The summed E-state index contributed by atoms with van der Waals surface area (Å²) in [6, 6.07) is 6.79. The van der Waals surface area contributed by atoms with E-state index < -0.39 is 0 Å². The van der Waals surface area contributed by atoms with E-state index in [0.29, 0.717) is 11.5 Å². The predicted octanol–water partition coefficient (Wildman–Crippen LogP) is 4.48. The number of hydrogen-bond acceptors (Lipinski definition) is 3. The smallest absolute Gasteiger partial charge is 0.128 e. The summed E-state index contributed by atoms with van der Waals surface area (Å²) in [7, 11) is 0. The van der Waals surface area contributed by atoms with Gasteiger partial charge in [0.1, 0.15) is 11.4 Å². The molecule has 0 amide bonds. The summed E-state index contributed by atoms with van der Waals surface area (Å²) >= 11 is 0. The molecule has 2 bridgehead atoms. The van der Waals surface area contributed by atoms with E-state index in [0.717, 1.165) is 25.9 Å². The van der Waals surface area contributed by atoms with Crippen molar-refractivity contribution in [2.75, 3.05) is 6.61 Å². The first kappa shape index (κ1) is 17.8. The van der Waals surface area contributed by atoms with Gasteiger partial charge in [-0.3, -0.25) is 0 Å². The van der Waals surface area contributed by atoms with Gasteiger partial charge in [-0.25, -0.2) is 4.39 Å². The molecule has 2 aliphatic heterocycles. The highest BCUT2D eigenvalue weighted by Gasteiger charge is 2.66. The summed E-state index contributed by atoms with van der Waals surface area (Å²) in [6.45, 7) is 9.65. The molecule has 0 spiro atoms. The van der Waals surface area contributed by atoms with Crippen LogP contribution in [0.5, 0.6) is 0 Å². The Morgan fingerprint density at radius 1 is 1.21 bits per heavy atom. The average Bonchev–Trinajstić information content (AvgIpc) is 3.01. The first-order chi connectivity index (χ1) is 11.4. The van der Waals surface area contributed by atoms with Gasteiger partial charge < -0.3 is 14.2 Å². The number of rotatable bonds is 7. The van der Waals surface area contributed by atoms with Gasteiger partial charge in [0.05, 0.1) is 24.4 Å². The molecule has 2 heterocycles. The molecular weight excluding hydrogens is 307 g/mol. The lowest BCUT2D eigenvalue weighted by Gasteiger charge is -2.38. The highest BCUT2D eigenvalue weighted by atomic mass is 19.1. The number of halogens is 1. The van der Waals surface area contributed by atoms with Crippen LogP contribution < -0.4 is 0 Å². The van der Waals surface area contributed by atoms with Crippen molar-refractivity contribution < 1.29 is 18.6 Å². The molecular formula is C20H29FO3. The van der Waals surface area contributed by atoms with E-state index in [1.807, 2.05) is 6.07 Å². The summed E-state index contributed by atoms with van der Waals surface area (Å²) in [5, 5.41) is 0. The Morgan fingerprint density at radius 3 is 2.62 bits per heavy atom. The Balaban J connectivity index is 1.71. The van der Waals surface area contributed by atoms with Crippen LogP contribution in [-0.4, -0.2) is 30.0 Å². The lowest BCUT2D eigenvalue weighted by Crippen LogP contribution is -2.49. The van der Waals surface area contributed by atoms with Gasteiger partial charge in [-0.15, -0.1) is 0 Å². The SMILES string of the molecule is CCCO[C@@H]1C[C@]2(C)O[C@@]1(C(C)C)C[C@H]2OCc1ccccc1F. The van der Waals surface area contributed by atoms with E-state index in [-0.39, 0.29) is 35.8 Å². The molecule has 134 valence electrons. The molecule has 24 heavy (non-hydrogen) atoms. The predicted molar refractivity (Wildman–Crippen MR) is 91.3 cm³/mol. The van der Waals surface area contributed by atoms with Crippen LogP contribution in [0.1, 0.15) is 52.5 Å². The molecule has 0 saturated carbocycles. The quantitative estimate of drug-likeness (QED) is 0.734. The number of hydrogen-bond donors (Lipinski definition) is 0. The number of benzene rings is 1. The van der Waals surface area contributed by atoms with Crippen molar-refractivity contribution in [1.29, 1.82) is 0 Å². The molecule has 0 N–H and O–H groups in total. The van der Waals surface area contributed by atoms with Crippen molar-refractivity contribution in [3.8, 4) is 0 Å². The molecule has 0 radical (unpaired) electrons. The zero-order valence-electron chi connectivity index (χ0n) is 15.2. The molecule has 2 aliphatic rings. The maximum absolute atomic E-state index is 13.8. The fraction of sp³-hybridized carbons (Fsp3) is 0.700. The van der Waals surface area contributed by atoms with Gasteiger partial charge in [0, 0.05) is 25.0 Å². The fourth-order valence-electron chi connectivity index (χ4n) is 4.18. The van der Waals surface area contributed by atoms with Crippen LogP contribution in [0, 0.1) is 11.7 Å². The molecule has 1 aromatic rings. The highest BCUT2D eigenvalue weighted by molar-refractivity contribution is 5.18. The van der Waals surface area contributed by atoms with E-state index in [1.165, 1.54) is 6.07 Å². The maximum atomic E-state index is 13.8. The van der Waals surface area contributed by atoms with Crippen LogP contribution in [0.2, 0.25) is 0 Å². The zero-order valence-corrected chi connectivity index (χ0v) is 15.2. The molecule has 4 atom stereocenters. The maximum Gasteiger partial charge on any atom is 0.128 e. The molecule has 0 unspecified atom stereocenters. The van der Waals surface area contributed by atoms with Gasteiger partial charge >= 0.3 is 0 Å². The number of ether oxygens (including phenoxy) is 3. The molecule has 2 saturated heterocycles. The largest absolute Gasteiger partial charge is 0.375 e. The molecule has 3 nitrogen and oxygen atoms in total. The Bertz CT molecular complexity index is 576. The normalized spacial score (nSPS) is 35.1. The van der Waals surface area contributed by atoms with Gasteiger partial charge in [-0.05, 0) is 25.3 Å². The Kier molecular flexibility index (Phi) is 5.01. The van der Waals surface area contributed by atoms with Gasteiger partial charge in [0.2, 0.25) is 0 Å². The van der Waals surface area contributed by atoms with Crippen LogP contribution >= 0.6 is 0 Å². The van der Waals surface area contributed by atoms with E-state index in [9.17, 15) is 4.39 Å². The highest BCUT2D eigenvalue weighted by Crippen LogP contribution is 2.56. The molecule has 2 fully saturated rings. The van der Waals surface area contributed by atoms with Crippen molar-refractivity contribution in [3.05, 3.63) is 35.6 Å². The number of fused-ring (bicyclic) bond motifs is 2. The Hall–Kier alpha value is -0.970.